The van der Waals surface area contributed by atoms with Crippen LogP contribution in [0.1, 0.15) is 22.5 Å². The van der Waals surface area contributed by atoms with Gasteiger partial charge in [-0.25, -0.2) is 4.98 Å². The van der Waals surface area contributed by atoms with E-state index in [1.807, 2.05) is 12.1 Å². The molecule has 0 fully saturated rings. The number of para-hydroxylation sites is 3. The van der Waals surface area contributed by atoms with Gasteiger partial charge in [0.05, 0.1) is 17.6 Å². The summed E-state index contributed by atoms with van der Waals surface area (Å²) in [5.74, 6) is 2.05. The third-order valence-corrected chi connectivity index (χ3v) is 6.13. The van der Waals surface area contributed by atoms with Gasteiger partial charge in [0.15, 0.2) is 0 Å². The minimum Gasteiger partial charge on any atom is -0.491 e. The predicted molar refractivity (Wildman–Crippen MR) is 136 cm³/mol. The van der Waals surface area contributed by atoms with Gasteiger partial charge in [0.2, 0.25) is 0 Å². The first kappa shape index (κ1) is 21.0. The molecule has 0 unspecified atom stereocenters. The fourth-order valence-electron chi connectivity index (χ4n) is 4.40. The van der Waals surface area contributed by atoms with E-state index in [4.69, 9.17) is 9.72 Å². The van der Waals surface area contributed by atoms with Gasteiger partial charge in [-0.05, 0) is 53.8 Å². The van der Waals surface area contributed by atoms with Crippen molar-refractivity contribution in [2.24, 2.45) is 0 Å². The van der Waals surface area contributed by atoms with E-state index in [0.717, 1.165) is 35.6 Å². The van der Waals surface area contributed by atoms with Gasteiger partial charge >= 0.3 is 0 Å². The van der Waals surface area contributed by atoms with Crippen molar-refractivity contribution in [2.45, 2.75) is 26.8 Å². The molecular formula is C30H28N2O. The van der Waals surface area contributed by atoms with Crippen LogP contribution in [0.25, 0.3) is 22.2 Å². The van der Waals surface area contributed by atoms with Crippen molar-refractivity contribution in [1.29, 1.82) is 0 Å². The van der Waals surface area contributed by atoms with Gasteiger partial charge < -0.3 is 9.30 Å². The number of nitrogens with zero attached hydrogens (tertiary/aromatic N) is 2. The quantitative estimate of drug-likeness (QED) is 0.277. The van der Waals surface area contributed by atoms with Crippen molar-refractivity contribution in [3.05, 3.63) is 120 Å². The Bertz CT molecular complexity index is 1350. The lowest BCUT2D eigenvalue weighted by atomic mass is 10.0. The third kappa shape index (κ3) is 4.54. The van der Waals surface area contributed by atoms with Crippen LogP contribution in [0.4, 0.5) is 0 Å². The zero-order valence-electron chi connectivity index (χ0n) is 19.2. The molecule has 0 aliphatic heterocycles. The molecule has 0 bridgehead atoms. The number of hydrogen-bond acceptors (Lipinski definition) is 2. The van der Waals surface area contributed by atoms with Crippen molar-refractivity contribution in [1.82, 2.24) is 9.55 Å². The molecule has 1 aromatic heterocycles. The zero-order chi connectivity index (χ0) is 22.6. The first-order chi connectivity index (χ1) is 16.2. The third-order valence-electron chi connectivity index (χ3n) is 6.13. The van der Waals surface area contributed by atoms with E-state index < -0.39 is 0 Å². The fourth-order valence-corrected chi connectivity index (χ4v) is 4.40. The monoisotopic (exact) mass is 432 g/mol. The molecule has 164 valence electrons. The second kappa shape index (κ2) is 9.33. The Balaban J connectivity index is 1.38. The number of fused-ring (bicyclic) bond motifs is 1. The molecule has 0 N–H and O–H groups in total. The normalized spacial score (nSPS) is 11.1. The molecule has 0 amide bonds. The van der Waals surface area contributed by atoms with Crippen LogP contribution in [-0.2, 0) is 13.0 Å². The van der Waals surface area contributed by atoms with Crippen LogP contribution in [0.3, 0.4) is 0 Å². The van der Waals surface area contributed by atoms with E-state index in [-0.39, 0.29) is 0 Å². The molecule has 0 atom stereocenters. The summed E-state index contributed by atoms with van der Waals surface area (Å²) in [6.45, 7) is 5.55. The second-order valence-electron chi connectivity index (χ2n) is 8.48. The summed E-state index contributed by atoms with van der Waals surface area (Å²) in [7, 11) is 0. The average Bonchev–Trinajstić information content (AvgIpc) is 3.19. The Morgan fingerprint density at radius 1 is 0.697 bits per heavy atom. The zero-order valence-corrected chi connectivity index (χ0v) is 19.2. The van der Waals surface area contributed by atoms with Crippen LogP contribution < -0.4 is 4.74 Å². The van der Waals surface area contributed by atoms with Crippen LogP contribution in [-0.4, -0.2) is 16.2 Å². The molecule has 3 heteroatoms. The number of benzene rings is 4. The van der Waals surface area contributed by atoms with Gasteiger partial charge in [0.1, 0.15) is 18.2 Å². The van der Waals surface area contributed by atoms with Gasteiger partial charge in [0.25, 0.3) is 0 Å². The van der Waals surface area contributed by atoms with Crippen molar-refractivity contribution in [3.63, 3.8) is 0 Å². The summed E-state index contributed by atoms with van der Waals surface area (Å²) in [5.41, 5.74) is 8.24. The Hall–Kier alpha value is -3.85. The van der Waals surface area contributed by atoms with Crippen molar-refractivity contribution in [3.8, 4) is 16.9 Å². The number of hydrogen-bond donors (Lipinski definition) is 0. The van der Waals surface area contributed by atoms with Crippen LogP contribution in [0.5, 0.6) is 5.75 Å². The molecule has 4 aromatic carbocycles. The van der Waals surface area contributed by atoms with Crippen molar-refractivity contribution < 1.29 is 4.74 Å². The molecule has 33 heavy (non-hydrogen) atoms. The Labute approximate surface area is 195 Å². The van der Waals surface area contributed by atoms with E-state index in [0.29, 0.717) is 6.61 Å². The van der Waals surface area contributed by atoms with E-state index in [1.165, 1.54) is 27.8 Å². The highest BCUT2D eigenvalue weighted by molar-refractivity contribution is 5.76. The number of imidazole rings is 1. The standard InChI is InChI=1S/C30H28N2O/c1-22-9-8-10-23(2)30(22)33-20-19-32-28-14-7-6-13-27(28)31-29(32)21-24-15-17-26(18-16-24)25-11-4-3-5-12-25/h3-18H,19-21H2,1-2H3. The maximum Gasteiger partial charge on any atom is 0.125 e. The molecule has 5 rings (SSSR count). The molecule has 0 aliphatic carbocycles. The first-order valence-corrected chi connectivity index (χ1v) is 11.5. The van der Waals surface area contributed by atoms with E-state index in [1.54, 1.807) is 0 Å². The van der Waals surface area contributed by atoms with Crippen LogP contribution in [0.2, 0.25) is 0 Å². The fraction of sp³-hybridized carbons (Fsp3) is 0.167. The first-order valence-electron chi connectivity index (χ1n) is 11.5. The summed E-state index contributed by atoms with van der Waals surface area (Å²) < 4.78 is 8.51. The van der Waals surface area contributed by atoms with Gasteiger partial charge in [-0.15, -0.1) is 0 Å². The summed E-state index contributed by atoms with van der Waals surface area (Å²) in [6, 6.07) is 33.9. The van der Waals surface area contributed by atoms with Gasteiger partial charge in [-0.1, -0.05) is 84.9 Å². The minimum atomic E-state index is 0.603. The van der Waals surface area contributed by atoms with Gasteiger partial charge in [-0.3, -0.25) is 0 Å². The smallest absolute Gasteiger partial charge is 0.125 e. The number of rotatable bonds is 7. The molecule has 5 aromatic rings. The number of aromatic nitrogens is 2. The van der Waals surface area contributed by atoms with Crippen LogP contribution in [0.15, 0.2) is 97.1 Å². The molecule has 0 saturated heterocycles. The van der Waals surface area contributed by atoms with Gasteiger partial charge in [-0.2, -0.15) is 0 Å². The SMILES string of the molecule is Cc1cccc(C)c1OCCn1c(Cc2ccc(-c3ccccc3)cc2)nc2ccccc21. The highest BCUT2D eigenvalue weighted by Crippen LogP contribution is 2.24. The lowest BCUT2D eigenvalue weighted by Crippen LogP contribution is -2.12. The molecule has 3 nitrogen and oxygen atoms in total. The topological polar surface area (TPSA) is 27.1 Å². The van der Waals surface area contributed by atoms with Gasteiger partial charge in [0, 0.05) is 6.42 Å². The van der Waals surface area contributed by atoms with Crippen molar-refractivity contribution >= 4 is 11.0 Å². The summed E-state index contributed by atoms with van der Waals surface area (Å²) >= 11 is 0. The summed E-state index contributed by atoms with van der Waals surface area (Å²) in [5, 5.41) is 0. The Morgan fingerprint density at radius 2 is 1.36 bits per heavy atom. The second-order valence-corrected chi connectivity index (χ2v) is 8.48. The lowest BCUT2D eigenvalue weighted by molar-refractivity contribution is 0.295. The lowest BCUT2D eigenvalue weighted by Gasteiger charge is -2.14. The number of ether oxygens (including phenoxy) is 1. The largest absolute Gasteiger partial charge is 0.491 e. The van der Waals surface area contributed by atoms with E-state index >= 15 is 0 Å². The van der Waals surface area contributed by atoms with Crippen LogP contribution >= 0.6 is 0 Å². The maximum absolute atomic E-state index is 6.21. The molecule has 0 radical (unpaired) electrons. The molecule has 0 spiro atoms. The number of aryl methyl sites for hydroxylation is 2. The molecule has 1 heterocycles. The maximum atomic E-state index is 6.21. The van der Waals surface area contributed by atoms with E-state index in [2.05, 4.69) is 103 Å². The molecule has 0 aliphatic rings. The molecule has 0 saturated carbocycles. The van der Waals surface area contributed by atoms with E-state index in [9.17, 15) is 0 Å². The van der Waals surface area contributed by atoms with Crippen molar-refractivity contribution in [2.75, 3.05) is 6.61 Å². The summed E-state index contributed by atoms with van der Waals surface area (Å²) in [6.07, 6.45) is 0.785. The average molecular weight is 433 g/mol. The highest BCUT2D eigenvalue weighted by Gasteiger charge is 2.12. The van der Waals surface area contributed by atoms with Crippen LogP contribution in [0, 0.1) is 13.8 Å². The predicted octanol–water partition coefficient (Wildman–Crippen LogP) is 6.99. The molecular weight excluding hydrogens is 404 g/mol. The Morgan fingerprint density at radius 3 is 2.12 bits per heavy atom. The Kier molecular flexibility index (Phi) is 5.95. The minimum absolute atomic E-state index is 0.603. The summed E-state index contributed by atoms with van der Waals surface area (Å²) in [4.78, 5) is 4.96. The highest BCUT2D eigenvalue weighted by atomic mass is 16.5.